The maximum atomic E-state index is 13.7. The Bertz CT molecular complexity index is 1150. The summed E-state index contributed by atoms with van der Waals surface area (Å²) in [7, 11) is -3.78. The van der Waals surface area contributed by atoms with Crippen LogP contribution in [0.15, 0.2) is 42.5 Å². The highest BCUT2D eigenvalue weighted by molar-refractivity contribution is 14.1. The van der Waals surface area contributed by atoms with Gasteiger partial charge >= 0.3 is 0 Å². The van der Waals surface area contributed by atoms with E-state index in [1.165, 1.54) is 4.90 Å². The summed E-state index contributed by atoms with van der Waals surface area (Å²) >= 11 is 14.5. The van der Waals surface area contributed by atoms with Crippen LogP contribution in [-0.2, 0) is 26.2 Å². The van der Waals surface area contributed by atoms with Gasteiger partial charge in [0.25, 0.3) is 0 Å². The molecule has 0 heterocycles. The average molecular weight is 654 g/mol. The monoisotopic (exact) mass is 653 g/mol. The molecule has 0 saturated carbocycles. The number of carbonyl (C=O) groups is 2. The van der Waals surface area contributed by atoms with Crippen molar-refractivity contribution >= 4 is 73.3 Å². The van der Waals surface area contributed by atoms with Gasteiger partial charge in [-0.3, -0.25) is 13.9 Å². The van der Waals surface area contributed by atoms with Gasteiger partial charge in [0.15, 0.2) is 0 Å². The van der Waals surface area contributed by atoms with Crippen molar-refractivity contribution in [2.75, 3.05) is 17.1 Å². The number of nitrogens with one attached hydrogen (secondary N) is 1. The summed E-state index contributed by atoms with van der Waals surface area (Å²) in [5, 5.41) is 3.72. The second-order valence-corrected chi connectivity index (χ2v) is 12.2. The zero-order chi connectivity index (χ0) is 26.3. The highest BCUT2D eigenvalue weighted by Gasteiger charge is 2.32. The molecule has 2 amide bonds. The van der Waals surface area contributed by atoms with Gasteiger partial charge in [0.1, 0.15) is 12.6 Å². The third-order valence-electron chi connectivity index (χ3n) is 5.54. The summed E-state index contributed by atoms with van der Waals surface area (Å²) in [4.78, 5) is 28.2. The van der Waals surface area contributed by atoms with Crippen molar-refractivity contribution in [2.24, 2.45) is 0 Å². The molecule has 0 aliphatic carbocycles. The number of halogens is 3. The van der Waals surface area contributed by atoms with Crippen molar-refractivity contribution in [1.82, 2.24) is 10.2 Å². The number of hydrogen-bond acceptors (Lipinski definition) is 4. The van der Waals surface area contributed by atoms with Crippen LogP contribution in [0.5, 0.6) is 0 Å². The van der Waals surface area contributed by atoms with Crippen molar-refractivity contribution < 1.29 is 18.0 Å². The molecular weight excluding hydrogens is 624 g/mol. The van der Waals surface area contributed by atoms with Crippen LogP contribution in [-0.4, -0.2) is 50.0 Å². The molecule has 1 N–H and O–H groups in total. The van der Waals surface area contributed by atoms with Crippen LogP contribution in [0.25, 0.3) is 0 Å². The van der Waals surface area contributed by atoms with Crippen LogP contribution in [0.3, 0.4) is 0 Å². The standard InChI is InChI=1S/C24H30Cl2IN3O4S/c1-5-16(3)28-24(32)22(6-2)29(14-17-7-8-18(25)13-21(17)26)23(31)15-30(35(4,33)34)20-11-9-19(27)10-12-20/h7-13,16,22H,5-6,14-15H2,1-4H3,(H,28,32)/t16-,22-/m1/s1. The van der Waals surface area contributed by atoms with Gasteiger partial charge in [-0.1, -0.05) is 43.1 Å². The Morgan fingerprint density at radius 2 is 1.69 bits per heavy atom. The van der Waals surface area contributed by atoms with E-state index in [0.29, 0.717) is 27.7 Å². The largest absolute Gasteiger partial charge is 0.352 e. The normalized spacial score (nSPS) is 13.1. The van der Waals surface area contributed by atoms with Gasteiger partial charge in [-0.05, 0) is 84.3 Å². The van der Waals surface area contributed by atoms with Crippen molar-refractivity contribution in [3.63, 3.8) is 0 Å². The minimum absolute atomic E-state index is 0.0194. The van der Waals surface area contributed by atoms with Crippen LogP contribution < -0.4 is 9.62 Å². The lowest BCUT2D eigenvalue weighted by Gasteiger charge is -2.33. The summed E-state index contributed by atoms with van der Waals surface area (Å²) in [6, 6.07) is 10.8. The second-order valence-electron chi connectivity index (χ2n) is 8.25. The van der Waals surface area contributed by atoms with Gasteiger partial charge in [0.2, 0.25) is 21.8 Å². The molecule has 0 saturated heterocycles. The molecule has 0 spiro atoms. The first-order valence-electron chi connectivity index (χ1n) is 11.1. The second kappa shape index (κ2) is 13.1. The lowest BCUT2D eigenvalue weighted by molar-refractivity contribution is -0.140. The SMILES string of the molecule is CC[C@@H](C)NC(=O)[C@@H](CC)N(Cc1ccc(Cl)cc1Cl)C(=O)CN(c1ccc(I)cc1)S(C)(=O)=O. The van der Waals surface area contributed by atoms with Crippen LogP contribution in [0.1, 0.15) is 39.2 Å². The van der Waals surface area contributed by atoms with Crippen LogP contribution in [0.2, 0.25) is 10.0 Å². The van der Waals surface area contributed by atoms with E-state index in [-0.39, 0.29) is 18.5 Å². The molecule has 0 unspecified atom stereocenters. The first-order chi connectivity index (χ1) is 16.4. The number of benzene rings is 2. The van der Waals surface area contributed by atoms with E-state index in [4.69, 9.17) is 23.2 Å². The molecule has 2 aromatic rings. The molecule has 2 rings (SSSR count). The van der Waals surface area contributed by atoms with E-state index in [1.54, 1.807) is 49.4 Å². The molecular formula is C24H30Cl2IN3O4S. The molecule has 0 radical (unpaired) electrons. The topological polar surface area (TPSA) is 86.8 Å². The van der Waals surface area contributed by atoms with Gasteiger partial charge in [-0.25, -0.2) is 8.42 Å². The lowest BCUT2D eigenvalue weighted by Crippen LogP contribution is -2.53. The smallest absolute Gasteiger partial charge is 0.244 e. The summed E-state index contributed by atoms with van der Waals surface area (Å²) in [6.45, 7) is 5.20. The van der Waals surface area contributed by atoms with Gasteiger partial charge < -0.3 is 10.2 Å². The number of anilines is 1. The Balaban J connectivity index is 2.46. The number of amides is 2. The van der Waals surface area contributed by atoms with Crippen molar-refractivity contribution in [3.8, 4) is 0 Å². The highest BCUT2D eigenvalue weighted by atomic mass is 127. The van der Waals surface area contributed by atoms with E-state index in [1.807, 2.05) is 13.8 Å². The average Bonchev–Trinajstić information content (AvgIpc) is 2.78. The molecule has 11 heteroatoms. The van der Waals surface area contributed by atoms with E-state index in [2.05, 4.69) is 27.9 Å². The Labute approximate surface area is 231 Å². The fourth-order valence-electron chi connectivity index (χ4n) is 3.42. The zero-order valence-corrected chi connectivity index (χ0v) is 24.6. The molecule has 192 valence electrons. The van der Waals surface area contributed by atoms with Gasteiger partial charge in [0.05, 0.1) is 11.9 Å². The predicted octanol–water partition coefficient (Wildman–Crippen LogP) is 5.09. The molecule has 2 aromatic carbocycles. The van der Waals surface area contributed by atoms with E-state index in [0.717, 1.165) is 20.6 Å². The Kier molecular flexibility index (Phi) is 11.1. The first-order valence-corrected chi connectivity index (χ1v) is 14.8. The van der Waals surface area contributed by atoms with Crippen LogP contribution >= 0.6 is 45.8 Å². The molecule has 0 aliphatic heterocycles. The maximum Gasteiger partial charge on any atom is 0.244 e. The maximum absolute atomic E-state index is 13.7. The number of rotatable bonds is 11. The summed E-state index contributed by atoms with van der Waals surface area (Å²) in [6.07, 6.45) is 2.11. The molecule has 0 fully saturated rings. The number of nitrogens with zero attached hydrogens (tertiary/aromatic N) is 2. The van der Waals surface area contributed by atoms with Crippen LogP contribution in [0.4, 0.5) is 5.69 Å². The van der Waals surface area contributed by atoms with E-state index in [9.17, 15) is 18.0 Å². The van der Waals surface area contributed by atoms with Crippen molar-refractivity contribution in [3.05, 3.63) is 61.6 Å². The quantitative estimate of drug-likeness (QED) is 0.343. The van der Waals surface area contributed by atoms with Crippen molar-refractivity contribution in [2.45, 2.75) is 52.2 Å². The Morgan fingerprint density at radius 1 is 1.06 bits per heavy atom. The molecule has 2 atom stereocenters. The fourth-order valence-corrected chi connectivity index (χ4v) is 5.09. The Morgan fingerprint density at radius 3 is 2.20 bits per heavy atom. The summed E-state index contributed by atoms with van der Waals surface area (Å²) < 4.78 is 27.2. The summed E-state index contributed by atoms with van der Waals surface area (Å²) in [5.74, 6) is -0.827. The zero-order valence-electron chi connectivity index (χ0n) is 20.1. The molecule has 0 aliphatic rings. The van der Waals surface area contributed by atoms with E-state index < -0.39 is 28.5 Å². The third-order valence-corrected chi connectivity index (χ3v) is 7.98. The molecule has 7 nitrogen and oxygen atoms in total. The summed E-state index contributed by atoms with van der Waals surface area (Å²) in [5.41, 5.74) is 0.960. The molecule has 0 aromatic heterocycles. The first kappa shape index (κ1) is 29.7. The van der Waals surface area contributed by atoms with E-state index >= 15 is 0 Å². The Hall–Kier alpha value is -1.56. The van der Waals surface area contributed by atoms with Crippen molar-refractivity contribution in [1.29, 1.82) is 0 Å². The molecule has 0 bridgehead atoms. The molecule has 35 heavy (non-hydrogen) atoms. The van der Waals surface area contributed by atoms with Gasteiger partial charge in [-0.2, -0.15) is 0 Å². The number of carbonyl (C=O) groups excluding carboxylic acids is 2. The van der Waals surface area contributed by atoms with Crippen LogP contribution in [0, 0.1) is 3.57 Å². The minimum atomic E-state index is -3.78. The third kappa shape index (κ3) is 8.51. The number of sulfonamides is 1. The number of hydrogen-bond donors (Lipinski definition) is 1. The lowest BCUT2D eigenvalue weighted by atomic mass is 10.1. The minimum Gasteiger partial charge on any atom is -0.352 e. The highest BCUT2D eigenvalue weighted by Crippen LogP contribution is 2.25. The van der Waals surface area contributed by atoms with Gasteiger partial charge in [0, 0.05) is 26.2 Å². The predicted molar refractivity (Wildman–Crippen MR) is 150 cm³/mol. The fraction of sp³-hybridized carbons (Fsp3) is 0.417. The van der Waals surface area contributed by atoms with Gasteiger partial charge in [-0.15, -0.1) is 0 Å².